The van der Waals surface area contributed by atoms with Gasteiger partial charge in [0.25, 0.3) is 0 Å². The molecule has 0 spiro atoms. The highest BCUT2D eigenvalue weighted by Gasteiger charge is 2.18. The molecule has 0 unspecified atom stereocenters. The van der Waals surface area contributed by atoms with E-state index in [1.54, 1.807) is 22.2 Å². The summed E-state index contributed by atoms with van der Waals surface area (Å²) in [6, 6.07) is 12.5. The lowest BCUT2D eigenvalue weighted by atomic mass is 10.2. The van der Waals surface area contributed by atoms with E-state index in [1.807, 2.05) is 18.2 Å². The van der Waals surface area contributed by atoms with Crippen LogP contribution in [0.3, 0.4) is 0 Å². The number of hydrogen-bond acceptors (Lipinski definition) is 6. The molecule has 6 nitrogen and oxygen atoms in total. The summed E-state index contributed by atoms with van der Waals surface area (Å²) in [6.45, 7) is 1.59. The van der Waals surface area contributed by atoms with Crippen molar-refractivity contribution < 1.29 is 4.74 Å². The van der Waals surface area contributed by atoms with E-state index in [9.17, 15) is 0 Å². The zero-order valence-corrected chi connectivity index (χ0v) is 14.4. The van der Waals surface area contributed by atoms with E-state index < -0.39 is 0 Å². The molecule has 0 amide bonds. The maximum atomic E-state index is 5.68. The number of nitrogens with one attached hydrogen (secondary N) is 1. The second-order valence-electron chi connectivity index (χ2n) is 6.14. The zero-order valence-electron chi connectivity index (χ0n) is 13.6. The fourth-order valence-electron chi connectivity index (χ4n) is 3.22. The Morgan fingerprint density at radius 3 is 3.04 bits per heavy atom. The predicted molar refractivity (Wildman–Crippen MR) is 99.1 cm³/mol. The summed E-state index contributed by atoms with van der Waals surface area (Å²) >= 11 is 1.68. The number of nitrogens with zero attached hydrogens (tertiary/aromatic N) is 4. The topological polar surface area (TPSA) is 64.3 Å². The number of rotatable bonds is 4. The van der Waals surface area contributed by atoms with Crippen molar-refractivity contribution in [1.82, 2.24) is 19.6 Å². The van der Waals surface area contributed by atoms with Crippen LogP contribution in [0.25, 0.3) is 26.3 Å². The normalized spacial score (nSPS) is 17.5. The standard InChI is InChI=1S/C18H17N5OS/c1-2-5-12(6-3-1)15-9-14-16-20-11-21-23(16)18(22-17(14)25-15)19-10-13-7-4-8-24-13/h1-3,5-6,9,11,13H,4,7-8,10H2,(H,19,22)/t13-/m1/s1. The van der Waals surface area contributed by atoms with E-state index in [4.69, 9.17) is 9.72 Å². The van der Waals surface area contributed by atoms with Crippen LogP contribution in [0.2, 0.25) is 0 Å². The molecule has 1 aromatic carbocycles. The summed E-state index contributed by atoms with van der Waals surface area (Å²) < 4.78 is 7.46. The number of fused-ring (bicyclic) bond motifs is 3. The van der Waals surface area contributed by atoms with Gasteiger partial charge in [-0.25, -0.2) is 9.97 Å². The smallest absolute Gasteiger partial charge is 0.227 e. The molecule has 0 aliphatic carbocycles. The van der Waals surface area contributed by atoms with Gasteiger partial charge in [-0.1, -0.05) is 30.3 Å². The first-order valence-electron chi connectivity index (χ1n) is 8.43. The van der Waals surface area contributed by atoms with Crippen LogP contribution in [0, 0.1) is 0 Å². The van der Waals surface area contributed by atoms with Crippen LogP contribution in [-0.2, 0) is 4.74 Å². The SMILES string of the molecule is c1ccc(-c2cc3c(nc(NC[C@H]4CCCO4)n4ncnc34)s2)cc1. The molecule has 0 saturated carbocycles. The Morgan fingerprint density at radius 1 is 1.28 bits per heavy atom. The first-order valence-corrected chi connectivity index (χ1v) is 9.24. The molecule has 126 valence electrons. The van der Waals surface area contributed by atoms with Crippen molar-refractivity contribution in [2.45, 2.75) is 18.9 Å². The maximum absolute atomic E-state index is 5.68. The molecule has 4 aromatic rings. The molecule has 1 N–H and O–H groups in total. The number of ether oxygens (including phenoxy) is 1. The molecule has 7 heteroatoms. The minimum Gasteiger partial charge on any atom is -0.376 e. The minimum absolute atomic E-state index is 0.249. The maximum Gasteiger partial charge on any atom is 0.227 e. The third kappa shape index (κ3) is 2.65. The fraction of sp³-hybridized carbons (Fsp3) is 0.278. The lowest BCUT2D eigenvalue weighted by molar-refractivity contribution is 0.120. The third-order valence-corrected chi connectivity index (χ3v) is 5.56. The molecule has 5 rings (SSSR count). The van der Waals surface area contributed by atoms with Crippen molar-refractivity contribution >= 4 is 33.1 Å². The van der Waals surface area contributed by atoms with E-state index in [-0.39, 0.29) is 6.10 Å². The van der Waals surface area contributed by atoms with Crippen molar-refractivity contribution in [2.24, 2.45) is 0 Å². The van der Waals surface area contributed by atoms with Gasteiger partial charge in [0.2, 0.25) is 5.95 Å². The fourth-order valence-corrected chi connectivity index (χ4v) is 4.25. The van der Waals surface area contributed by atoms with Gasteiger partial charge in [-0.15, -0.1) is 11.3 Å². The quantitative estimate of drug-likeness (QED) is 0.609. The van der Waals surface area contributed by atoms with Gasteiger partial charge in [0, 0.05) is 18.0 Å². The minimum atomic E-state index is 0.249. The average molecular weight is 351 g/mol. The molecule has 25 heavy (non-hydrogen) atoms. The summed E-state index contributed by atoms with van der Waals surface area (Å²) in [5.74, 6) is 0.719. The third-order valence-electron chi connectivity index (χ3n) is 4.48. The Labute approximate surface area is 148 Å². The van der Waals surface area contributed by atoms with E-state index in [1.165, 1.54) is 10.4 Å². The number of hydrogen-bond donors (Lipinski definition) is 1. The van der Waals surface area contributed by atoms with Gasteiger partial charge in [0.15, 0.2) is 5.65 Å². The number of thiophene rings is 1. The molecule has 4 heterocycles. The van der Waals surface area contributed by atoms with Gasteiger partial charge >= 0.3 is 0 Å². The molecular weight excluding hydrogens is 334 g/mol. The lowest BCUT2D eigenvalue weighted by Gasteiger charge is -2.11. The van der Waals surface area contributed by atoms with Crippen molar-refractivity contribution in [1.29, 1.82) is 0 Å². The van der Waals surface area contributed by atoms with Crippen LogP contribution in [-0.4, -0.2) is 38.8 Å². The van der Waals surface area contributed by atoms with Crippen LogP contribution in [0.4, 0.5) is 5.95 Å². The second-order valence-corrected chi connectivity index (χ2v) is 7.17. The molecule has 3 aromatic heterocycles. The number of aromatic nitrogens is 4. The monoisotopic (exact) mass is 351 g/mol. The highest BCUT2D eigenvalue weighted by molar-refractivity contribution is 7.22. The summed E-state index contributed by atoms with van der Waals surface area (Å²) in [7, 11) is 0. The van der Waals surface area contributed by atoms with E-state index in [0.717, 1.165) is 47.8 Å². The highest BCUT2D eigenvalue weighted by Crippen LogP contribution is 2.34. The molecule has 1 fully saturated rings. The van der Waals surface area contributed by atoms with Gasteiger partial charge in [-0.2, -0.15) is 9.61 Å². The Kier molecular flexibility index (Phi) is 3.61. The zero-order chi connectivity index (χ0) is 16.6. The van der Waals surface area contributed by atoms with Crippen LogP contribution >= 0.6 is 11.3 Å². The number of benzene rings is 1. The predicted octanol–water partition coefficient (Wildman–Crippen LogP) is 3.60. The molecule has 1 aliphatic rings. The molecule has 1 aliphatic heterocycles. The van der Waals surface area contributed by atoms with Crippen LogP contribution in [0.15, 0.2) is 42.7 Å². The first kappa shape index (κ1) is 14.8. The Bertz CT molecular complexity index is 1020. The molecule has 0 radical (unpaired) electrons. The lowest BCUT2D eigenvalue weighted by Crippen LogP contribution is -2.20. The Hall–Kier alpha value is -2.51. The Morgan fingerprint density at radius 2 is 2.20 bits per heavy atom. The van der Waals surface area contributed by atoms with Crippen molar-refractivity contribution in [3.8, 4) is 10.4 Å². The van der Waals surface area contributed by atoms with Gasteiger partial charge in [-0.3, -0.25) is 0 Å². The summed E-state index contributed by atoms with van der Waals surface area (Å²) in [5, 5.41) is 8.76. The van der Waals surface area contributed by atoms with Crippen molar-refractivity contribution in [3.05, 3.63) is 42.7 Å². The molecule has 1 saturated heterocycles. The molecular formula is C18H17N5OS. The second kappa shape index (κ2) is 6.09. The largest absolute Gasteiger partial charge is 0.376 e. The summed E-state index contributed by atoms with van der Waals surface area (Å²) in [5.41, 5.74) is 2.02. The Balaban J connectivity index is 1.57. The summed E-state index contributed by atoms with van der Waals surface area (Å²) in [6.07, 6.45) is 4.04. The van der Waals surface area contributed by atoms with Gasteiger partial charge in [-0.05, 0) is 24.5 Å². The van der Waals surface area contributed by atoms with Crippen LogP contribution in [0.5, 0.6) is 0 Å². The van der Waals surface area contributed by atoms with Crippen molar-refractivity contribution in [3.63, 3.8) is 0 Å². The van der Waals surface area contributed by atoms with E-state index in [0.29, 0.717) is 0 Å². The van der Waals surface area contributed by atoms with E-state index in [2.05, 4.69) is 33.6 Å². The number of anilines is 1. The van der Waals surface area contributed by atoms with Gasteiger partial charge in [0.1, 0.15) is 11.2 Å². The van der Waals surface area contributed by atoms with Crippen LogP contribution < -0.4 is 5.32 Å². The molecule has 1 atom stereocenters. The van der Waals surface area contributed by atoms with Gasteiger partial charge < -0.3 is 10.1 Å². The summed E-state index contributed by atoms with van der Waals surface area (Å²) in [4.78, 5) is 11.4. The first-order chi connectivity index (χ1) is 12.4. The van der Waals surface area contributed by atoms with E-state index >= 15 is 0 Å². The highest BCUT2D eigenvalue weighted by atomic mass is 32.1. The van der Waals surface area contributed by atoms with Gasteiger partial charge in [0.05, 0.1) is 11.5 Å². The van der Waals surface area contributed by atoms with Crippen molar-refractivity contribution in [2.75, 3.05) is 18.5 Å². The molecule has 0 bridgehead atoms. The van der Waals surface area contributed by atoms with Crippen LogP contribution in [0.1, 0.15) is 12.8 Å². The average Bonchev–Trinajstić information content (AvgIpc) is 3.39.